The molecule has 0 radical (unpaired) electrons. The van der Waals surface area contributed by atoms with Gasteiger partial charge in [-0.05, 0) is 37.0 Å². The summed E-state index contributed by atoms with van der Waals surface area (Å²) in [5, 5.41) is 2.70. The van der Waals surface area contributed by atoms with Gasteiger partial charge in [-0.15, -0.1) is 0 Å². The van der Waals surface area contributed by atoms with Crippen LogP contribution < -0.4 is 5.32 Å². The van der Waals surface area contributed by atoms with E-state index in [1.54, 1.807) is 6.07 Å². The van der Waals surface area contributed by atoms with Crippen LogP contribution in [0, 0.1) is 30.6 Å². The summed E-state index contributed by atoms with van der Waals surface area (Å²) in [6, 6.07) is 7.37. The third-order valence-corrected chi connectivity index (χ3v) is 6.64. The molecule has 0 spiro atoms. The van der Waals surface area contributed by atoms with Crippen LogP contribution in [0.25, 0.3) is 0 Å². The van der Waals surface area contributed by atoms with Crippen molar-refractivity contribution in [3.63, 3.8) is 0 Å². The summed E-state index contributed by atoms with van der Waals surface area (Å²) in [4.78, 5) is 36.5. The van der Waals surface area contributed by atoms with E-state index in [-0.39, 0.29) is 35.3 Å². The van der Waals surface area contributed by atoms with Crippen molar-refractivity contribution in [2.75, 3.05) is 11.9 Å². The van der Waals surface area contributed by atoms with Gasteiger partial charge >= 0.3 is 11.9 Å². The predicted molar refractivity (Wildman–Crippen MR) is 91.9 cm³/mol. The highest BCUT2D eigenvalue weighted by molar-refractivity contribution is 9.09. The zero-order valence-corrected chi connectivity index (χ0v) is 15.2. The molecule has 1 aliphatic heterocycles. The quantitative estimate of drug-likeness (QED) is 0.609. The molecule has 2 saturated carbocycles. The van der Waals surface area contributed by atoms with Crippen LogP contribution in [0.3, 0.4) is 0 Å². The minimum atomic E-state index is -0.521. The summed E-state index contributed by atoms with van der Waals surface area (Å²) in [7, 11) is 0. The van der Waals surface area contributed by atoms with Crippen LogP contribution >= 0.6 is 15.9 Å². The smallest absolute Gasteiger partial charge is 0.310 e. The topological polar surface area (TPSA) is 81.7 Å². The zero-order chi connectivity index (χ0) is 17.7. The van der Waals surface area contributed by atoms with Crippen LogP contribution in [0.4, 0.5) is 5.69 Å². The number of carbonyl (C=O) groups is 3. The molecule has 3 aliphatic rings. The Morgan fingerprint density at radius 1 is 1.36 bits per heavy atom. The van der Waals surface area contributed by atoms with Crippen LogP contribution in [0.1, 0.15) is 12.0 Å². The molecule has 1 amide bonds. The molecule has 1 N–H and O–H groups in total. The van der Waals surface area contributed by atoms with Crippen molar-refractivity contribution < 1.29 is 23.9 Å². The fourth-order valence-corrected chi connectivity index (χ4v) is 5.49. The van der Waals surface area contributed by atoms with E-state index in [0.29, 0.717) is 5.69 Å². The van der Waals surface area contributed by atoms with E-state index in [4.69, 9.17) is 9.47 Å². The van der Waals surface area contributed by atoms with Crippen molar-refractivity contribution in [2.24, 2.45) is 23.7 Å². The second-order valence-corrected chi connectivity index (χ2v) is 8.04. The largest absolute Gasteiger partial charge is 0.461 e. The number of nitrogens with one attached hydrogen (secondary N) is 1. The maximum Gasteiger partial charge on any atom is 0.310 e. The third-order valence-electron chi connectivity index (χ3n) is 5.44. The summed E-state index contributed by atoms with van der Waals surface area (Å²) in [5.41, 5.74) is 1.68. The Hall–Kier alpha value is -1.89. The SMILES string of the molecule is Cc1cccc(NC(=O)COC(=O)[C@@H]2[C@H]3C[C@H]4[C@H](OC(=O)[C@@H]42)[C@@H]3Br)c1. The van der Waals surface area contributed by atoms with Gasteiger partial charge in [0.1, 0.15) is 6.10 Å². The monoisotopic (exact) mass is 407 g/mol. The average molecular weight is 408 g/mol. The maximum atomic E-state index is 12.5. The minimum Gasteiger partial charge on any atom is -0.461 e. The first-order chi connectivity index (χ1) is 12.0. The predicted octanol–water partition coefficient (Wildman–Crippen LogP) is 2.05. The van der Waals surface area contributed by atoms with Crippen molar-refractivity contribution in [3.8, 4) is 0 Å². The molecule has 2 aliphatic carbocycles. The number of hydrogen-bond donors (Lipinski definition) is 1. The van der Waals surface area contributed by atoms with E-state index in [1.165, 1.54) is 0 Å². The van der Waals surface area contributed by atoms with E-state index in [1.807, 2.05) is 25.1 Å². The van der Waals surface area contributed by atoms with Gasteiger partial charge in [0.15, 0.2) is 6.61 Å². The van der Waals surface area contributed by atoms with E-state index in [9.17, 15) is 14.4 Å². The van der Waals surface area contributed by atoms with Gasteiger partial charge in [0.2, 0.25) is 0 Å². The molecule has 1 aromatic carbocycles. The lowest BCUT2D eigenvalue weighted by molar-refractivity contribution is -0.157. The van der Waals surface area contributed by atoms with Gasteiger partial charge in [0.05, 0.1) is 16.7 Å². The Balaban J connectivity index is 1.36. The number of esters is 2. The standard InChI is InChI=1S/C18H18BrNO5/c1-8-3-2-4-9(5-8)20-12(21)7-24-17(22)13-10-6-11-14(13)18(23)25-16(11)15(10)19/h2-5,10-11,13-16H,6-7H2,1H3,(H,20,21)/t10-,11-,13-,14+,15-,16+/m1/s1. The van der Waals surface area contributed by atoms with Crippen molar-refractivity contribution >= 4 is 39.5 Å². The average Bonchev–Trinajstić information content (AvgIpc) is 3.17. The second kappa shape index (κ2) is 6.12. The molecule has 132 valence electrons. The van der Waals surface area contributed by atoms with Crippen molar-refractivity contribution in [3.05, 3.63) is 29.8 Å². The Morgan fingerprint density at radius 3 is 2.92 bits per heavy atom. The number of rotatable bonds is 4. The molecule has 1 saturated heterocycles. The summed E-state index contributed by atoms with van der Waals surface area (Å²) in [5.74, 6) is -2.03. The summed E-state index contributed by atoms with van der Waals surface area (Å²) in [6.07, 6.45) is 0.655. The summed E-state index contributed by atoms with van der Waals surface area (Å²) in [6.45, 7) is 1.56. The number of hydrogen-bond acceptors (Lipinski definition) is 5. The number of fused-ring (bicyclic) bond motifs is 1. The minimum absolute atomic E-state index is 0.0149. The van der Waals surface area contributed by atoms with Gasteiger partial charge in [-0.1, -0.05) is 28.1 Å². The van der Waals surface area contributed by atoms with Gasteiger partial charge in [-0.2, -0.15) is 0 Å². The molecule has 25 heavy (non-hydrogen) atoms. The molecule has 4 rings (SSSR count). The number of aryl methyl sites for hydroxylation is 1. The number of alkyl halides is 1. The summed E-state index contributed by atoms with van der Waals surface area (Å²) < 4.78 is 10.6. The fraction of sp³-hybridized carbons (Fsp3) is 0.500. The number of amides is 1. The Bertz CT molecular complexity index is 751. The Labute approximate surface area is 153 Å². The maximum absolute atomic E-state index is 12.5. The number of halogens is 1. The molecular weight excluding hydrogens is 390 g/mol. The molecule has 3 fully saturated rings. The molecule has 0 aromatic heterocycles. The van der Waals surface area contributed by atoms with Gasteiger partial charge in [-0.25, -0.2) is 0 Å². The van der Waals surface area contributed by atoms with Crippen LogP contribution in [0.15, 0.2) is 24.3 Å². The van der Waals surface area contributed by atoms with Crippen LogP contribution in [-0.2, 0) is 23.9 Å². The van der Waals surface area contributed by atoms with E-state index in [0.717, 1.165) is 12.0 Å². The first-order valence-electron chi connectivity index (χ1n) is 8.33. The Morgan fingerprint density at radius 2 is 2.16 bits per heavy atom. The lowest BCUT2D eigenvalue weighted by Gasteiger charge is -2.26. The number of anilines is 1. The lowest BCUT2D eigenvalue weighted by Crippen LogP contribution is -2.39. The molecular formula is C18H18BrNO5. The number of benzene rings is 1. The summed E-state index contributed by atoms with van der Waals surface area (Å²) >= 11 is 3.55. The van der Waals surface area contributed by atoms with Gasteiger partial charge in [-0.3, -0.25) is 14.4 Å². The third kappa shape index (κ3) is 2.74. The number of ether oxygens (including phenoxy) is 2. The van der Waals surface area contributed by atoms with Crippen LogP contribution in [0.5, 0.6) is 0 Å². The van der Waals surface area contributed by atoms with E-state index >= 15 is 0 Å². The van der Waals surface area contributed by atoms with Crippen LogP contribution in [0.2, 0.25) is 0 Å². The molecule has 1 aromatic rings. The number of carbonyl (C=O) groups excluding carboxylic acids is 3. The van der Waals surface area contributed by atoms with Gasteiger partial charge < -0.3 is 14.8 Å². The highest BCUT2D eigenvalue weighted by Crippen LogP contribution is 2.60. The zero-order valence-electron chi connectivity index (χ0n) is 13.6. The normalized spacial score (nSPS) is 34.7. The van der Waals surface area contributed by atoms with Crippen molar-refractivity contribution in [1.29, 1.82) is 0 Å². The van der Waals surface area contributed by atoms with Crippen molar-refractivity contribution in [1.82, 2.24) is 0 Å². The van der Waals surface area contributed by atoms with Gasteiger partial charge in [0, 0.05) is 11.6 Å². The van der Waals surface area contributed by atoms with Gasteiger partial charge in [0.25, 0.3) is 5.91 Å². The van der Waals surface area contributed by atoms with Crippen LogP contribution in [-0.4, -0.2) is 35.4 Å². The lowest BCUT2D eigenvalue weighted by atomic mass is 9.80. The molecule has 7 heteroatoms. The molecule has 2 bridgehead atoms. The highest BCUT2D eigenvalue weighted by Gasteiger charge is 2.68. The first kappa shape index (κ1) is 16.6. The van der Waals surface area contributed by atoms with E-state index < -0.39 is 23.7 Å². The van der Waals surface area contributed by atoms with Crippen molar-refractivity contribution in [2.45, 2.75) is 24.3 Å². The molecule has 0 unspecified atom stereocenters. The highest BCUT2D eigenvalue weighted by atomic mass is 79.9. The fourth-order valence-electron chi connectivity index (χ4n) is 4.45. The molecule has 6 atom stereocenters. The Kier molecular flexibility index (Phi) is 4.06. The van der Waals surface area contributed by atoms with E-state index in [2.05, 4.69) is 21.2 Å². The second-order valence-electron chi connectivity index (χ2n) is 6.99. The molecule has 1 heterocycles. The first-order valence-corrected chi connectivity index (χ1v) is 9.25. The molecule has 6 nitrogen and oxygen atoms in total.